The summed E-state index contributed by atoms with van der Waals surface area (Å²) < 4.78 is 5.95. The summed E-state index contributed by atoms with van der Waals surface area (Å²) in [4.78, 5) is 8.88. The average Bonchev–Trinajstić information content (AvgIpc) is 2.55. The molecule has 4 heteroatoms. The third kappa shape index (κ3) is 2.85. The van der Waals surface area contributed by atoms with Crippen molar-refractivity contribution < 1.29 is 4.74 Å². The molecule has 21 heavy (non-hydrogen) atoms. The molecular formula is C17H17N3O. The van der Waals surface area contributed by atoms with Gasteiger partial charge in [0.25, 0.3) is 0 Å². The van der Waals surface area contributed by atoms with Crippen molar-refractivity contribution in [2.24, 2.45) is 5.73 Å². The first-order chi connectivity index (χ1) is 10.3. The lowest BCUT2D eigenvalue weighted by molar-refractivity contribution is 0.464. The highest BCUT2D eigenvalue weighted by molar-refractivity contribution is 5.84. The zero-order valence-electron chi connectivity index (χ0n) is 11.9. The minimum Gasteiger partial charge on any atom is -0.437 e. The fraction of sp³-hybridized carbons (Fsp3) is 0.176. The zero-order chi connectivity index (χ0) is 14.7. The lowest BCUT2D eigenvalue weighted by Gasteiger charge is -2.10. The van der Waals surface area contributed by atoms with Crippen LogP contribution >= 0.6 is 0 Å². The molecule has 0 unspecified atom stereocenters. The summed E-state index contributed by atoms with van der Waals surface area (Å²) >= 11 is 0. The third-order valence-corrected chi connectivity index (χ3v) is 3.32. The molecule has 0 radical (unpaired) electrons. The number of nitrogens with two attached hydrogens (primary N) is 1. The van der Waals surface area contributed by atoms with Gasteiger partial charge in [-0.15, -0.1) is 0 Å². The van der Waals surface area contributed by atoms with Crippen LogP contribution in [0.4, 0.5) is 0 Å². The van der Waals surface area contributed by atoms with E-state index >= 15 is 0 Å². The lowest BCUT2D eigenvalue weighted by Crippen LogP contribution is -2.01. The molecule has 1 aromatic carbocycles. The molecule has 0 saturated carbocycles. The predicted molar refractivity (Wildman–Crippen MR) is 83.3 cm³/mol. The Morgan fingerprint density at radius 3 is 2.81 bits per heavy atom. The van der Waals surface area contributed by atoms with Crippen LogP contribution < -0.4 is 10.5 Å². The van der Waals surface area contributed by atoms with Crippen molar-refractivity contribution in [2.75, 3.05) is 0 Å². The molecular weight excluding hydrogens is 262 g/mol. The Balaban J connectivity index is 2.02. The van der Waals surface area contributed by atoms with Crippen LogP contribution in [0.5, 0.6) is 11.6 Å². The van der Waals surface area contributed by atoms with Crippen LogP contribution in [-0.4, -0.2) is 9.97 Å². The lowest BCUT2D eigenvalue weighted by atomic mass is 10.2. The number of nitrogens with zero attached hydrogens (tertiary/aromatic N) is 2. The number of aryl methyl sites for hydroxylation is 1. The van der Waals surface area contributed by atoms with Gasteiger partial charge in [-0.05, 0) is 30.2 Å². The van der Waals surface area contributed by atoms with Crippen molar-refractivity contribution in [3.05, 3.63) is 59.9 Å². The topological polar surface area (TPSA) is 61.0 Å². The van der Waals surface area contributed by atoms with Gasteiger partial charge in [-0.2, -0.15) is 0 Å². The van der Waals surface area contributed by atoms with Crippen molar-refractivity contribution in [2.45, 2.75) is 19.9 Å². The number of rotatable bonds is 4. The van der Waals surface area contributed by atoms with E-state index in [-0.39, 0.29) is 0 Å². The van der Waals surface area contributed by atoms with Gasteiger partial charge in [0, 0.05) is 29.9 Å². The van der Waals surface area contributed by atoms with Gasteiger partial charge in [0.1, 0.15) is 5.52 Å². The van der Waals surface area contributed by atoms with E-state index in [0.717, 1.165) is 28.6 Å². The Morgan fingerprint density at radius 1 is 1.14 bits per heavy atom. The van der Waals surface area contributed by atoms with Crippen molar-refractivity contribution in [1.29, 1.82) is 0 Å². The number of hydrogen-bond donors (Lipinski definition) is 1. The minimum absolute atomic E-state index is 0.472. The summed E-state index contributed by atoms with van der Waals surface area (Å²) in [7, 11) is 0. The summed E-state index contributed by atoms with van der Waals surface area (Å²) in [5.74, 6) is 1.27. The number of para-hydroxylation sites is 1. The van der Waals surface area contributed by atoms with Gasteiger partial charge in [0.2, 0.25) is 5.88 Å². The van der Waals surface area contributed by atoms with E-state index in [9.17, 15) is 0 Å². The highest BCUT2D eigenvalue weighted by Gasteiger charge is 2.07. The van der Waals surface area contributed by atoms with E-state index in [1.807, 2.05) is 42.5 Å². The first-order valence-corrected chi connectivity index (χ1v) is 7.01. The van der Waals surface area contributed by atoms with Crippen molar-refractivity contribution in [3.63, 3.8) is 0 Å². The highest BCUT2D eigenvalue weighted by atomic mass is 16.5. The molecule has 0 aliphatic heterocycles. The number of fused-ring (bicyclic) bond motifs is 1. The van der Waals surface area contributed by atoms with E-state index in [2.05, 4.69) is 16.9 Å². The molecule has 2 heterocycles. The van der Waals surface area contributed by atoms with Gasteiger partial charge in [-0.3, -0.25) is 4.98 Å². The summed E-state index contributed by atoms with van der Waals surface area (Å²) in [5.41, 5.74) is 8.55. The molecule has 2 N–H and O–H groups in total. The van der Waals surface area contributed by atoms with Gasteiger partial charge < -0.3 is 10.5 Å². The molecule has 0 spiro atoms. The minimum atomic E-state index is 0.472. The van der Waals surface area contributed by atoms with Crippen molar-refractivity contribution >= 4 is 10.9 Å². The number of hydrogen-bond acceptors (Lipinski definition) is 4. The van der Waals surface area contributed by atoms with E-state index < -0.39 is 0 Å². The van der Waals surface area contributed by atoms with Crippen LogP contribution in [0, 0.1) is 0 Å². The second-order valence-corrected chi connectivity index (χ2v) is 4.80. The number of aromatic nitrogens is 2. The molecule has 0 aliphatic carbocycles. The molecule has 0 fully saturated rings. The summed E-state index contributed by atoms with van der Waals surface area (Å²) in [6.45, 7) is 2.53. The normalized spacial score (nSPS) is 10.8. The quantitative estimate of drug-likeness (QED) is 0.794. The first kappa shape index (κ1) is 13.5. The zero-order valence-corrected chi connectivity index (χ0v) is 11.9. The molecule has 0 amide bonds. The molecule has 4 nitrogen and oxygen atoms in total. The summed E-state index contributed by atoms with van der Waals surface area (Å²) in [6, 6.07) is 13.7. The molecule has 2 aromatic heterocycles. The number of pyridine rings is 2. The third-order valence-electron chi connectivity index (χ3n) is 3.32. The van der Waals surface area contributed by atoms with E-state index in [1.54, 1.807) is 6.20 Å². The Hall–Kier alpha value is -2.46. The summed E-state index contributed by atoms with van der Waals surface area (Å²) in [6.07, 6.45) is 2.61. The van der Waals surface area contributed by atoms with Gasteiger partial charge >= 0.3 is 0 Å². The standard InChI is InChI=1S/C17H17N3O/c1-2-14-9-12(11-18)10-16(20-14)21-15-7-3-5-13-6-4-8-19-17(13)15/h3-10H,2,11,18H2,1H3. The van der Waals surface area contributed by atoms with Crippen LogP contribution in [-0.2, 0) is 13.0 Å². The van der Waals surface area contributed by atoms with Crippen LogP contribution in [0.1, 0.15) is 18.2 Å². The Bertz CT molecular complexity index is 743. The fourth-order valence-corrected chi connectivity index (χ4v) is 2.24. The molecule has 106 valence electrons. The monoisotopic (exact) mass is 279 g/mol. The second-order valence-electron chi connectivity index (χ2n) is 4.80. The maximum atomic E-state index is 5.95. The largest absolute Gasteiger partial charge is 0.437 e. The molecule has 3 aromatic rings. The van der Waals surface area contributed by atoms with Crippen molar-refractivity contribution in [1.82, 2.24) is 9.97 Å². The maximum absolute atomic E-state index is 5.95. The van der Waals surface area contributed by atoms with E-state index in [4.69, 9.17) is 10.5 Å². The van der Waals surface area contributed by atoms with Crippen LogP contribution in [0.3, 0.4) is 0 Å². The predicted octanol–water partition coefficient (Wildman–Crippen LogP) is 3.44. The van der Waals surface area contributed by atoms with Crippen LogP contribution in [0.15, 0.2) is 48.7 Å². The SMILES string of the molecule is CCc1cc(CN)cc(Oc2cccc3cccnc23)n1. The molecule has 0 bridgehead atoms. The first-order valence-electron chi connectivity index (χ1n) is 7.01. The highest BCUT2D eigenvalue weighted by Crippen LogP contribution is 2.28. The second kappa shape index (κ2) is 5.89. The molecule has 0 saturated heterocycles. The molecule has 0 aliphatic rings. The average molecular weight is 279 g/mol. The Morgan fingerprint density at radius 2 is 2.00 bits per heavy atom. The van der Waals surface area contributed by atoms with Crippen LogP contribution in [0.25, 0.3) is 10.9 Å². The fourth-order valence-electron chi connectivity index (χ4n) is 2.24. The van der Waals surface area contributed by atoms with E-state index in [1.165, 1.54) is 0 Å². The van der Waals surface area contributed by atoms with Gasteiger partial charge in [0.15, 0.2) is 5.75 Å². The van der Waals surface area contributed by atoms with E-state index in [0.29, 0.717) is 18.2 Å². The van der Waals surface area contributed by atoms with Gasteiger partial charge in [0.05, 0.1) is 0 Å². The van der Waals surface area contributed by atoms with Gasteiger partial charge in [-0.1, -0.05) is 25.1 Å². The van der Waals surface area contributed by atoms with Crippen LogP contribution in [0.2, 0.25) is 0 Å². The Kier molecular flexibility index (Phi) is 3.79. The Labute approximate surface area is 123 Å². The maximum Gasteiger partial charge on any atom is 0.219 e. The summed E-state index contributed by atoms with van der Waals surface area (Å²) in [5, 5.41) is 1.04. The van der Waals surface area contributed by atoms with Crippen molar-refractivity contribution in [3.8, 4) is 11.6 Å². The molecule has 0 atom stereocenters. The number of ether oxygens (including phenoxy) is 1. The smallest absolute Gasteiger partial charge is 0.219 e. The molecule has 3 rings (SSSR count). The number of benzene rings is 1. The van der Waals surface area contributed by atoms with Gasteiger partial charge in [-0.25, -0.2) is 4.98 Å².